The number of carbonyl (C=O) groups is 2. The average Bonchev–Trinajstić information content (AvgIpc) is 3.40. The Morgan fingerprint density at radius 1 is 1.23 bits per heavy atom. The van der Waals surface area contributed by atoms with Crippen LogP contribution in [-0.4, -0.2) is 62.4 Å². The molecule has 8 heteroatoms. The number of hydrogen-bond acceptors (Lipinski definition) is 5. The molecule has 0 spiro atoms. The Labute approximate surface area is 176 Å². The highest BCUT2D eigenvalue weighted by Crippen LogP contribution is 2.25. The van der Waals surface area contributed by atoms with Crippen LogP contribution >= 0.6 is 0 Å². The van der Waals surface area contributed by atoms with Crippen LogP contribution in [0.1, 0.15) is 38.8 Å². The van der Waals surface area contributed by atoms with Crippen LogP contribution in [0.3, 0.4) is 0 Å². The standard InChI is InChI=1S/C22H30N4O4/c1-13(2)14(3)22(30)26-11-17(28)10-20(26)21(29)24-19(12-27)16-6-4-15(5-7-16)18-8-9-23-25-18/h4-9,13-14,17,19-20,27-28H,10-12H2,1-3H3,(H,23,25)(H,24,29). The van der Waals surface area contributed by atoms with Gasteiger partial charge >= 0.3 is 0 Å². The van der Waals surface area contributed by atoms with E-state index in [-0.39, 0.29) is 43.2 Å². The summed E-state index contributed by atoms with van der Waals surface area (Å²) >= 11 is 0. The summed E-state index contributed by atoms with van der Waals surface area (Å²) in [6, 6.07) is 7.95. The molecule has 0 saturated carbocycles. The summed E-state index contributed by atoms with van der Waals surface area (Å²) in [5.74, 6) is -0.606. The number of amides is 2. The molecule has 3 rings (SSSR count). The first-order valence-electron chi connectivity index (χ1n) is 10.3. The van der Waals surface area contributed by atoms with Gasteiger partial charge in [0.2, 0.25) is 11.8 Å². The maximum atomic E-state index is 13.0. The molecule has 162 valence electrons. The molecule has 2 amide bonds. The second-order valence-electron chi connectivity index (χ2n) is 8.26. The molecule has 1 aromatic heterocycles. The van der Waals surface area contributed by atoms with Crippen molar-refractivity contribution in [1.29, 1.82) is 0 Å². The molecular weight excluding hydrogens is 384 g/mol. The van der Waals surface area contributed by atoms with Crippen molar-refractivity contribution in [3.8, 4) is 11.3 Å². The zero-order valence-corrected chi connectivity index (χ0v) is 17.6. The summed E-state index contributed by atoms with van der Waals surface area (Å²) in [6.45, 7) is 5.62. The van der Waals surface area contributed by atoms with Crippen LogP contribution in [0.5, 0.6) is 0 Å². The van der Waals surface area contributed by atoms with E-state index in [2.05, 4.69) is 15.5 Å². The minimum absolute atomic E-state index is 0.133. The van der Waals surface area contributed by atoms with Gasteiger partial charge in [-0.05, 0) is 23.1 Å². The maximum Gasteiger partial charge on any atom is 0.243 e. The molecule has 2 aromatic rings. The fraction of sp³-hybridized carbons (Fsp3) is 0.500. The normalized spacial score (nSPS) is 20.9. The summed E-state index contributed by atoms with van der Waals surface area (Å²) in [5.41, 5.74) is 2.57. The third kappa shape index (κ3) is 4.71. The number of aromatic amines is 1. The number of H-pyrrole nitrogens is 1. The first kappa shape index (κ1) is 22.0. The van der Waals surface area contributed by atoms with Gasteiger partial charge in [0.1, 0.15) is 6.04 Å². The SMILES string of the molecule is CC(C)C(C)C(=O)N1CC(O)CC1C(=O)NC(CO)c1ccc(-c2ccn[nH]2)cc1. The molecule has 4 unspecified atom stereocenters. The number of aliphatic hydroxyl groups is 2. The van der Waals surface area contributed by atoms with Crippen LogP contribution in [0.4, 0.5) is 0 Å². The molecule has 1 aliphatic rings. The highest BCUT2D eigenvalue weighted by atomic mass is 16.3. The predicted molar refractivity (Wildman–Crippen MR) is 112 cm³/mol. The zero-order valence-electron chi connectivity index (χ0n) is 17.6. The van der Waals surface area contributed by atoms with Crippen molar-refractivity contribution >= 4 is 11.8 Å². The third-order valence-electron chi connectivity index (χ3n) is 5.88. The van der Waals surface area contributed by atoms with E-state index in [0.717, 1.165) is 16.8 Å². The quantitative estimate of drug-likeness (QED) is 0.547. The Morgan fingerprint density at radius 3 is 2.50 bits per heavy atom. The molecule has 4 N–H and O–H groups in total. The van der Waals surface area contributed by atoms with Gasteiger partial charge in [-0.25, -0.2) is 0 Å². The molecule has 1 aliphatic heterocycles. The summed E-state index contributed by atoms with van der Waals surface area (Å²) in [6.07, 6.45) is 1.13. The third-order valence-corrected chi connectivity index (χ3v) is 5.88. The Kier molecular flexibility index (Phi) is 6.89. The molecule has 1 saturated heterocycles. The van der Waals surface area contributed by atoms with Crippen molar-refractivity contribution in [2.45, 2.75) is 45.4 Å². The number of likely N-dealkylation sites (tertiary alicyclic amines) is 1. The van der Waals surface area contributed by atoms with E-state index < -0.39 is 18.2 Å². The molecular formula is C22H30N4O4. The van der Waals surface area contributed by atoms with Crippen LogP contribution in [-0.2, 0) is 9.59 Å². The van der Waals surface area contributed by atoms with Crippen LogP contribution in [0.15, 0.2) is 36.5 Å². The second kappa shape index (κ2) is 9.40. The fourth-order valence-corrected chi connectivity index (χ4v) is 3.67. The molecule has 1 aromatic carbocycles. The number of β-amino-alcohol motifs (C(OH)–C–C–N with tert-alkyl or cyclic N) is 1. The number of hydrogen-bond donors (Lipinski definition) is 4. The summed E-state index contributed by atoms with van der Waals surface area (Å²) in [4.78, 5) is 27.2. The van der Waals surface area contributed by atoms with Gasteiger partial charge in [0.05, 0.1) is 24.4 Å². The first-order chi connectivity index (χ1) is 14.3. The number of aliphatic hydroxyl groups excluding tert-OH is 2. The van der Waals surface area contributed by atoms with E-state index in [1.165, 1.54) is 4.90 Å². The van der Waals surface area contributed by atoms with E-state index in [9.17, 15) is 19.8 Å². The average molecular weight is 415 g/mol. The lowest BCUT2D eigenvalue weighted by Gasteiger charge is -2.29. The number of carbonyl (C=O) groups excluding carboxylic acids is 2. The van der Waals surface area contributed by atoms with E-state index in [1.807, 2.05) is 51.1 Å². The topological polar surface area (TPSA) is 119 Å². The molecule has 1 fully saturated rings. The van der Waals surface area contributed by atoms with Gasteiger partial charge in [0.25, 0.3) is 0 Å². The number of rotatable bonds is 7. The number of aromatic nitrogens is 2. The van der Waals surface area contributed by atoms with Gasteiger partial charge in [-0.3, -0.25) is 14.7 Å². The molecule has 0 aliphatic carbocycles. The largest absolute Gasteiger partial charge is 0.394 e. The van der Waals surface area contributed by atoms with Gasteiger partial charge in [-0.15, -0.1) is 0 Å². The number of benzene rings is 1. The Hall–Kier alpha value is -2.71. The summed E-state index contributed by atoms with van der Waals surface area (Å²) in [5, 5.41) is 29.6. The van der Waals surface area contributed by atoms with Gasteiger partial charge in [-0.2, -0.15) is 5.10 Å². The van der Waals surface area contributed by atoms with Crippen LogP contribution in [0.2, 0.25) is 0 Å². The molecule has 8 nitrogen and oxygen atoms in total. The summed E-state index contributed by atoms with van der Waals surface area (Å²) < 4.78 is 0. The lowest BCUT2D eigenvalue weighted by molar-refractivity contribution is -0.142. The summed E-state index contributed by atoms with van der Waals surface area (Å²) in [7, 11) is 0. The fourth-order valence-electron chi connectivity index (χ4n) is 3.67. The molecule has 2 heterocycles. The lowest BCUT2D eigenvalue weighted by Crippen LogP contribution is -2.49. The number of nitrogens with one attached hydrogen (secondary N) is 2. The molecule has 0 radical (unpaired) electrons. The second-order valence-corrected chi connectivity index (χ2v) is 8.26. The smallest absolute Gasteiger partial charge is 0.243 e. The van der Waals surface area contributed by atoms with Crippen LogP contribution < -0.4 is 5.32 Å². The molecule has 0 bridgehead atoms. The van der Waals surface area contributed by atoms with Crippen molar-refractivity contribution < 1.29 is 19.8 Å². The van der Waals surface area contributed by atoms with Crippen molar-refractivity contribution in [2.24, 2.45) is 11.8 Å². The Morgan fingerprint density at radius 2 is 1.93 bits per heavy atom. The first-order valence-corrected chi connectivity index (χ1v) is 10.3. The van der Waals surface area contributed by atoms with Crippen molar-refractivity contribution in [2.75, 3.05) is 13.2 Å². The lowest BCUT2D eigenvalue weighted by atomic mass is 9.96. The highest BCUT2D eigenvalue weighted by Gasteiger charge is 2.41. The Balaban J connectivity index is 1.71. The number of nitrogens with zero attached hydrogens (tertiary/aromatic N) is 2. The minimum atomic E-state index is -0.744. The maximum absolute atomic E-state index is 13.0. The molecule has 30 heavy (non-hydrogen) atoms. The van der Waals surface area contributed by atoms with Gasteiger partial charge in [-0.1, -0.05) is 45.0 Å². The predicted octanol–water partition coefficient (Wildman–Crippen LogP) is 1.48. The minimum Gasteiger partial charge on any atom is -0.394 e. The van der Waals surface area contributed by atoms with Gasteiger partial charge in [0, 0.05) is 25.1 Å². The van der Waals surface area contributed by atoms with Gasteiger partial charge < -0.3 is 20.4 Å². The van der Waals surface area contributed by atoms with Crippen LogP contribution in [0.25, 0.3) is 11.3 Å². The van der Waals surface area contributed by atoms with E-state index >= 15 is 0 Å². The van der Waals surface area contributed by atoms with E-state index in [0.29, 0.717) is 0 Å². The van der Waals surface area contributed by atoms with Crippen molar-refractivity contribution in [3.05, 3.63) is 42.1 Å². The van der Waals surface area contributed by atoms with E-state index in [1.54, 1.807) is 6.20 Å². The van der Waals surface area contributed by atoms with Crippen molar-refractivity contribution in [3.63, 3.8) is 0 Å². The molecule has 4 atom stereocenters. The Bertz CT molecular complexity index is 851. The van der Waals surface area contributed by atoms with Gasteiger partial charge in [0.15, 0.2) is 0 Å². The van der Waals surface area contributed by atoms with E-state index in [4.69, 9.17) is 0 Å². The monoisotopic (exact) mass is 414 g/mol. The highest BCUT2D eigenvalue weighted by molar-refractivity contribution is 5.89. The van der Waals surface area contributed by atoms with Crippen molar-refractivity contribution in [1.82, 2.24) is 20.4 Å². The zero-order chi connectivity index (χ0) is 21.8. The van der Waals surface area contributed by atoms with Crippen LogP contribution in [0, 0.1) is 11.8 Å².